The summed E-state index contributed by atoms with van der Waals surface area (Å²) in [6, 6.07) is 3.45. The second kappa shape index (κ2) is 7.79. The van der Waals surface area contributed by atoms with E-state index in [4.69, 9.17) is 51.1 Å². The minimum Gasteiger partial charge on any atom is -0.483 e. The largest absolute Gasteiger partial charge is 0.483 e. The lowest BCUT2D eigenvalue weighted by molar-refractivity contribution is -0.137. The van der Waals surface area contributed by atoms with E-state index in [1.807, 2.05) is 6.07 Å². The third kappa shape index (κ3) is 3.84. The van der Waals surface area contributed by atoms with Gasteiger partial charge in [-0.3, -0.25) is 0 Å². The highest BCUT2D eigenvalue weighted by atomic mass is 35.5. The molecule has 0 amide bonds. The first-order valence-electron chi connectivity index (χ1n) is 8.49. The van der Waals surface area contributed by atoms with Crippen LogP contribution in [0.3, 0.4) is 0 Å². The molecule has 3 rings (SSSR count). The van der Waals surface area contributed by atoms with Crippen LogP contribution in [0.15, 0.2) is 17.1 Å². The Bertz CT molecular complexity index is 1050. The van der Waals surface area contributed by atoms with E-state index in [1.54, 1.807) is 13.8 Å². The Morgan fingerprint density at radius 2 is 1.90 bits per heavy atom. The fourth-order valence-electron chi connectivity index (χ4n) is 2.92. The summed E-state index contributed by atoms with van der Waals surface area (Å²) in [5, 5.41) is 13.5. The number of ether oxygens (including phenoxy) is 1. The van der Waals surface area contributed by atoms with Gasteiger partial charge in [0.15, 0.2) is 12.2 Å². The van der Waals surface area contributed by atoms with Crippen LogP contribution in [0.25, 0.3) is 5.69 Å². The Morgan fingerprint density at radius 3 is 2.33 bits per heavy atom. The summed E-state index contributed by atoms with van der Waals surface area (Å²) in [4.78, 5) is 4.11. The molecule has 0 radical (unpaired) electrons. The van der Waals surface area contributed by atoms with Crippen LogP contribution in [-0.4, -0.2) is 27.1 Å². The summed E-state index contributed by atoms with van der Waals surface area (Å²) >= 11 is 24.8. The van der Waals surface area contributed by atoms with Crippen molar-refractivity contribution in [1.29, 1.82) is 5.26 Å². The highest BCUT2D eigenvalue weighted by molar-refractivity contribution is 6.52. The number of aliphatic imine (C=N–C) groups is 1. The highest BCUT2D eigenvalue weighted by Crippen LogP contribution is 2.65. The van der Waals surface area contributed by atoms with Crippen molar-refractivity contribution in [2.24, 2.45) is 4.99 Å². The van der Waals surface area contributed by atoms with Crippen molar-refractivity contribution < 1.29 is 17.9 Å². The molecule has 1 fully saturated rings. The third-order valence-corrected chi connectivity index (χ3v) is 6.40. The van der Waals surface area contributed by atoms with Crippen LogP contribution in [-0.2, 0) is 16.3 Å². The minimum absolute atomic E-state index is 0.0261. The molecule has 12 heteroatoms. The first-order valence-corrected chi connectivity index (χ1v) is 10.0. The van der Waals surface area contributed by atoms with Gasteiger partial charge in [0.1, 0.15) is 21.7 Å². The number of rotatable bonds is 5. The first kappa shape index (κ1) is 23.0. The number of hydrogen-bond donors (Lipinski definition) is 0. The normalized spacial score (nSPS) is 20.4. The number of nitriles is 1. The molecule has 0 aliphatic heterocycles. The van der Waals surface area contributed by atoms with E-state index in [1.165, 1.54) is 0 Å². The Morgan fingerprint density at radius 1 is 1.33 bits per heavy atom. The summed E-state index contributed by atoms with van der Waals surface area (Å²) in [6.45, 7) is 3.75. The van der Waals surface area contributed by atoms with Gasteiger partial charge in [-0.05, 0) is 25.5 Å². The molecule has 1 aliphatic rings. The van der Waals surface area contributed by atoms with Gasteiger partial charge in [-0.25, -0.2) is 4.68 Å². The topological polar surface area (TPSA) is 63.2 Å². The lowest BCUT2D eigenvalue weighted by atomic mass is 10.0. The summed E-state index contributed by atoms with van der Waals surface area (Å²) < 4.78 is 44.3. The van der Waals surface area contributed by atoms with Gasteiger partial charge in [0.05, 0.1) is 27.9 Å². The van der Waals surface area contributed by atoms with Crippen LogP contribution < -0.4 is 0 Å². The van der Waals surface area contributed by atoms with Crippen LogP contribution >= 0.6 is 46.4 Å². The fraction of sp³-hybridized carbons (Fsp3) is 0.389. The van der Waals surface area contributed by atoms with Crippen LogP contribution in [0, 0.1) is 11.3 Å². The zero-order chi connectivity index (χ0) is 22.5. The van der Waals surface area contributed by atoms with E-state index in [9.17, 15) is 18.4 Å². The molecular formula is C18H13Cl4F3N4O. The minimum atomic E-state index is -4.65. The lowest BCUT2D eigenvalue weighted by Crippen LogP contribution is -2.13. The smallest absolute Gasteiger partial charge is 0.416 e. The second-order valence-electron chi connectivity index (χ2n) is 6.76. The van der Waals surface area contributed by atoms with Crippen molar-refractivity contribution in [1.82, 2.24) is 9.78 Å². The maximum Gasteiger partial charge on any atom is 0.416 e. The van der Waals surface area contributed by atoms with E-state index in [0.29, 0.717) is 13.0 Å². The van der Waals surface area contributed by atoms with Crippen LogP contribution in [0.4, 0.5) is 19.0 Å². The molecule has 2 aromatic rings. The standard InChI is InChI=1S/C18H13Cl4F3N4O/c1-3-30-8-27-15-10(6-26)14(16(2)7-17(16,21)22)28-29(15)13-11(19)4-9(5-12(13)20)18(23,24)25/h4-5,8H,3,7H2,1-2H3/b27-8-. The Hall–Kier alpha value is -1.66. The van der Waals surface area contributed by atoms with Crippen molar-refractivity contribution in [2.45, 2.75) is 36.2 Å². The fourth-order valence-corrected chi connectivity index (χ4v) is 4.28. The molecule has 1 heterocycles. The van der Waals surface area contributed by atoms with E-state index in [-0.39, 0.29) is 32.8 Å². The Labute approximate surface area is 189 Å². The predicted octanol–water partition coefficient (Wildman–Crippen LogP) is 6.60. The van der Waals surface area contributed by atoms with Crippen molar-refractivity contribution in [2.75, 3.05) is 6.61 Å². The van der Waals surface area contributed by atoms with Crippen molar-refractivity contribution >= 4 is 58.6 Å². The summed E-state index contributed by atoms with van der Waals surface area (Å²) in [5.41, 5.74) is -1.71. The Kier molecular flexibility index (Phi) is 5.98. The van der Waals surface area contributed by atoms with E-state index in [0.717, 1.165) is 23.2 Å². The van der Waals surface area contributed by atoms with Gasteiger partial charge in [0.2, 0.25) is 0 Å². The number of benzene rings is 1. The zero-order valence-corrected chi connectivity index (χ0v) is 18.5. The Balaban J connectivity index is 2.28. The quantitative estimate of drug-likeness (QED) is 0.264. The third-order valence-electron chi connectivity index (χ3n) is 4.73. The van der Waals surface area contributed by atoms with Gasteiger partial charge in [0.25, 0.3) is 0 Å². The highest BCUT2D eigenvalue weighted by Gasteiger charge is 2.66. The molecule has 1 unspecified atom stereocenters. The summed E-state index contributed by atoms with van der Waals surface area (Å²) in [6.07, 6.45) is -3.24. The number of nitrogens with zero attached hydrogens (tertiary/aromatic N) is 4. The average molecular weight is 500 g/mol. The molecule has 0 N–H and O–H groups in total. The molecule has 1 aromatic heterocycles. The van der Waals surface area contributed by atoms with Crippen molar-refractivity contribution in [3.8, 4) is 11.8 Å². The number of hydrogen-bond acceptors (Lipinski definition) is 4. The predicted molar refractivity (Wildman–Crippen MR) is 109 cm³/mol. The van der Waals surface area contributed by atoms with Gasteiger partial charge >= 0.3 is 6.18 Å². The monoisotopic (exact) mass is 498 g/mol. The molecule has 0 bridgehead atoms. The first-order chi connectivity index (χ1) is 13.9. The molecular weight excluding hydrogens is 487 g/mol. The van der Waals surface area contributed by atoms with Crippen molar-refractivity contribution in [3.05, 3.63) is 39.0 Å². The number of aromatic nitrogens is 2. The van der Waals surface area contributed by atoms with E-state index in [2.05, 4.69) is 10.1 Å². The number of alkyl halides is 5. The lowest BCUT2D eigenvalue weighted by Gasteiger charge is -2.13. The van der Waals surface area contributed by atoms with Gasteiger partial charge in [-0.1, -0.05) is 30.1 Å². The summed E-state index contributed by atoms with van der Waals surface area (Å²) in [5.74, 6) is -0.0261. The molecule has 30 heavy (non-hydrogen) atoms. The van der Waals surface area contributed by atoms with Gasteiger partial charge < -0.3 is 4.74 Å². The summed E-state index contributed by atoms with van der Waals surface area (Å²) in [7, 11) is 0. The van der Waals surface area contributed by atoms with E-state index < -0.39 is 21.5 Å². The molecule has 0 spiro atoms. The maximum absolute atomic E-state index is 13.1. The van der Waals surface area contributed by atoms with Gasteiger partial charge in [-0.2, -0.15) is 28.5 Å². The maximum atomic E-state index is 13.1. The molecule has 160 valence electrons. The molecule has 5 nitrogen and oxygen atoms in total. The molecule has 1 atom stereocenters. The molecule has 1 aromatic carbocycles. The van der Waals surface area contributed by atoms with E-state index >= 15 is 0 Å². The molecule has 1 aliphatic carbocycles. The van der Waals surface area contributed by atoms with Crippen LogP contribution in [0.1, 0.15) is 37.1 Å². The SMILES string of the molecule is CCO/C=N\c1c(C#N)c(C2(C)CC2(Cl)Cl)nn1-c1c(Cl)cc(C(F)(F)F)cc1Cl. The zero-order valence-electron chi connectivity index (χ0n) is 15.5. The second-order valence-corrected chi connectivity index (χ2v) is 9.06. The van der Waals surface area contributed by atoms with Gasteiger partial charge in [0, 0.05) is 5.41 Å². The number of halogens is 7. The van der Waals surface area contributed by atoms with Crippen LogP contribution in [0.5, 0.6) is 0 Å². The molecule has 1 saturated carbocycles. The van der Waals surface area contributed by atoms with Crippen molar-refractivity contribution in [3.63, 3.8) is 0 Å². The average Bonchev–Trinajstić information content (AvgIpc) is 2.96. The molecule has 0 saturated heterocycles. The van der Waals surface area contributed by atoms with Gasteiger partial charge in [-0.15, -0.1) is 23.2 Å². The van der Waals surface area contributed by atoms with Crippen LogP contribution in [0.2, 0.25) is 10.0 Å².